The van der Waals surface area contributed by atoms with Crippen molar-refractivity contribution in [2.45, 2.75) is 19.4 Å². The highest BCUT2D eigenvalue weighted by Gasteiger charge is 2.25. The van der Waals surface area contributed by atoms with E-state index in [1.165, 1.54) is 0 Å². The van der Waals surface area contributed by atoms with Crippen LogP contribution < -0.4 is 5.32 Å². The molecule has 1 heterocycles. The van der Waals surface area contributed by atoms with Crippen LogP contribution in [-0.2, 0) is 0 Å². The van der Waals surface area contributed by atoms with Gasteiger partial charge in [0, 0.05) is 19.8 Å². The summed E-state index contributed by atoms with van der Waals surface area (Å²) in [6.45, 7) is 7.19. The van der Waals surface area contributed by atoms with Crippen molar-refractivity contribution < 1.29 is 0 Å². The number of nitrogens with one attached hydrogen (secondary N) is 1. The molecule has 0 aromatic heterocycles. The lowest BCUT2D eigenvalue weighted by atomic mass is 10.1. The minimum absolute atomic E-state index is 0.0799. The second kappa shape index (κ2) is 2.61. The lowest BCUT2D eigenvalue weighted by Crippen LogP contribution is -2.41. The molecule has 2 heteroatoms. The highest BCUT2D eigenvalue weighted by atomic mass is 15.3. The van der Waals surface area contributed by atoms with Crippen molar-refractivity contribution in [2.75, 3.05) is 19.8 Å². The Kier molecular flexibility index (Phi) is 1.98. The quantitative estimate of drug-likeness (QED) is 0.523. The predicted octanol–water partition coefficient (Wildman–Crippen LogP) is 0.261. The molecule has 1 saturated heterocycles. The van der Waals surface area contributed by atoms with Crippen LogP contribution in [0, 0.1) is 12.3 Å². The van der Waals surface area contributed by atoms with E-state index in [4.69, 9.17) is 6.42 Å². The number of hydrogen-bond donors (Lipinski definition) is 1. The van der Waals surface area contributed by atoms with Gasteiger partial charge in [0.25, 0.3) is 0 Å². The van der Waals surface area contributed by atoms with Crippen LogP contribution in [0.15, 0.2) is 0 Å². The van der Waals surface area contributed by atoms with Crippen LogP contribution >= 0.6 is 0 Å². The average Bonchev–Trinajstić information content (AvgIpc) is 2.38. The molecular formula is C8H14N2. The van der Waals surface area contributed by atoms with Crippen molar-refractivity contribution in [3.8, 4) is 12.3 Å². The van der Waals surface area contributed by atoms with Gasteiger partial charge in [0.2, 0.25) is 0 Å². The van der Waals surface area contributed by atoms with Crippen LogP contribution in [0.4, 0.5) is 0 Å². The van der Waals surface area contributed by atoms with E-state index < -0.39 is 0 Å². The average molecular weight is 138 g/mol. The van der Waals surface area contributed by atoms with E-state index in [1.54, 1.807) is 0 Å². The van der Waals surface area contributed by atoms with Gasteiger partial charge in [-0.15, -0.1) is 6.42 Å². The van der Waals surface area contributed by atoms with E-state index in [9.17, 15) is 0 Å². The van der Waals surface area contributed by atoms with E-state index >= 15 is 0 Å². The standard InChI is InChI=1S/C8H14N2/c1-4-8(2,3)10-6-5-9-7-10/h1,9H,5-7H2,2-3H3. The van der Waals surface area contributed by atoms with Gasteiger partial charge in [-0.3, -0.25) is 4.90 Å². The smallest absolute Gasteiger partial charge is 0.0776 e. The van der Waals surface area contributed by atoms with Gasteiger partial charge < -0.3 is 5.32 Å². The van der Waals surface area contributed by atoms with Crippen LogP contribution in [0.3, 0.4) is 0 Å². The molecule has 0 aromatic rings. The fourth-order valence-electron chi connectivity index (χ4n) is 1.08. The van der Waals surface area contributed by atoms with Crippen molar-refractivity contribution in [3.63, 3.8) is 0 Å². The molecule has 56 valence electrons. The number of hydrogen-bond acceptors (Lipinski definition) is 2. The van der Waals surface area contributed by atoms with Gasteiger partial charge in [0.15, 0.2) is 0 Å². The molecule has 1 aliphatic rings. The molecule has 0 spiro atoms. The maximum absolute atomic E-state index is 5.37. The molecule has 1 N–H and O–H groups in total. The first-order chi connectivity index (χ1) is 4.67. The summed E-state index contributed by atoms with van der Waals surface area (Å²) in [5.74, 6) is 2.77. The SMILES string of the molecule is C#CC(C)(C)N1CCNC1. The normalized spacial score (nSPS) is 20.9. The second-order valence-corrected chi connectivity index (χ2v) is 3.12. The Morgan fingerprint density at radius 2 is 2.30 bits per heavy atom. The van der Waals surface area contributed by atoms with Gasteiger partial charge in [-0.25, -0.2) is 0 Å². The molecule has 0 unspecified atom stereocenters. The summed E-state index contributed by atoms with van der Waals surface area (Å²) in [5, 5.41) is 3.24. The molecule has 0 atom stereocenters. The van der Waals surface area contributed by atoms with Crippen molar-refractivity contribution >= 4 is 0 Å². The third-order valence-electron chi connectivity index (χ3n) is 2.00. The summed E-state index contributed by atoms with van der Waals surface area (Å²) in [6.07, 6.45) is 5.37. The zero-order chi connectivity index (χ0) is 7.61. The van der Waals surface area contributed by atoms with E-state index in [0.717, 1.165) is 19.8 Å². The molecular weight excluding hydrogens is 124 g/mol. The van der Waals surface area contributed by atoms with E-state index in [2.05, 4.69) is 30.0 Å². The highest BCUT2D eigenvalue weighted by molar-refractivity contribution is 5.09. The number of nitrogens with zero attached hydrogens (tertiary/aromatic N) is 1. The van der Waals surface area contributed by atoms with Crippen molar-refractivity contribution in [3.05, 3.63) is 0 Å². The maximum Gasteiger partial charge on any atom is 0.0776 e. The Hall–Kier alpha value is -0.520. The van der Waals surface area contributed by atoms with E-state index in [0.29, 0.717) is 0 Å². The van der Waals surface area contributed by atoms with Crippen LogP contribution in [0.25, 0.3) is 0 Å². The molecule has 0 bridgehead atoms. The Bertz CT molecular complexity index is 149. The fourth-order valence-corrected chi connectivity index (χ4v) is 1.08. The topological polar surface area (TPSA) is 15.3 Å². The molecule has 10 heavy (non-hydrogen) atoms. The minimum atomic E-state index is -0.0799. The summed E-state index contributed by atoms with van der Waals surface area (Å²) < 4.78 is 0. The number of terminal acetylenes is 1. The van der Waals surface area contributed by atoms with Crippen molar-refractivity contribution in [1.82, 2.24) is 10.2 Å². The Morgan fingerprint density at radius 3 is 2.70 bits per heavy atom. The van der Waals surface area contributed by atoms with Gasteiger partial charge in [0.05, 0.1) is 5.54 Å². The summed E-state index contributed by atoms with van der Waals surface area (Å²) in [6, 6.07) is 0. The zero-order valence-corrected chi connectivity index (χ0v) is 6.65. The third-order valence-corrected chi connectivity index (χ3v) is 2.00. The van der Waals surface area contributed by atoms with Crippen LogP contribution in [0.1, 0.15) is 13.8 Å². The molecule has 1 rings (SSSR count). The van der Waals surface area contributed by atoms with Crippen LogP contribution in [0.2, 0.25) is 0 Å². The van der Waals surface area contributed by atoms with Gasteiger partial charge in [-0.1, -0.05) is 5.92 Å². The molecule has 2 nitrogen and oxygen atoms in total. The van der Waals surface area contributed by atoms with Crippen LogP contribution in [0.5, 0.6) is 0 Å². The molecule has 0 aliphatic carbocycles. The van der Waals surface area contributed by atoms with Crippen molar-refractivity contribution in [2.24, 2.45) is 0 Å². The first kappa shape index (κ1) is 7.59. The lowest BCUT2D eigenvalue weighted by Gasteiger charge is -2.29. The largest absolute Gasteiger partial charge is 0.303 e. The summed E-state index contributed by atoms with van der Waals surface area (Å²) in [4.78, 5) is 2.26. The summed E-state index contributed by atoms with van der Waals surface area (Å²) in [7, 11) is 0. The lowest BCUT2D eigenvalue weighted by molar-refractivity contribution is 0.212. The van der Waals surface area contributed by atoms with E-state index in [1.807, 2.05) is 0 Å². The third kappa shape index (κ3) is 1.31. The molecule has 0 radical (unpaired) electrons. The van der Waals surface area contributed by atoms with Gasteiger partial charge in [-0.05, 0) is 13.8 Å². The first-order valence-electron chi connectivity index (χ1n) is 3.60. The molecule has 0 amide bonds. The fraction of sp³-hybridized carbons (Fsp3) is 0.750. The highest BCUT2D eigenvalue weighted by Crippen LogP contribution is 2.12. The van der Waals surface area contributed by atoms with Crippen molar-refractivity contribution in [1.29, 1.82) is 0 Å². The van der Waals surface area contributed by atoms with Gasteiger partial charge in [0.1, 0.15) is 0 Å². The summed E-state index contributed by atoms with van der Waals surface area (Å²) >= 11 is 0. The Labute approximate surface area is 62.6 Å². The van der Waals surface area contributed by atoms with Gasteiger partial charge in [-0.2, -0.15) is 0 Å². The van der Waals surface area contributed by atoms with E-state index in [-0.39, 0.29) is 5.54 Å². The maximum atomic E-state index is 5.37. The molecule has 1 aliphatic heterocycles. The predicted molar refractivity (Wildman–Crippen MR) is 42.5 cm³/mol. The Balaban J connectivity index is 2.56. The second-order valence-electron chi connectivity index (χ2n) is 3.12. The van der Waals surface area contributed by atoms with Crippen LogP contribution in [-0.4, -0.2) is 30.2 Å². The Morgan fingerprint density at radius 1 is 1.60 bits per heavy atom. The number of rotatable bonds is 1. The molecule has 0 aromatic carbocycles. The molecule has 0 saturated carbocycles. The zero-order valence-electron chi connectivity index (χ0n) is 6.65. The monoisotopic (exact) mass is 138 g/mol. The first-order valence-corrected chi connectivity index (χ1v) is 3.60. The minimum Gasteiger partial charge on any atom is -0.303 e. The summed E-state index contributed by atoms with van der Waals surface area (Å²) in [5.41, 5.74) is -0.0799. The van der Waals surface area contributed by atoms with Gasteiger partial charge >= 0.3 is 0 Å². The molecule has 1 fully saturated rings.